The Balaban J connectivity index is 2.46. The molecule has 0 unspecified atom stereocenters. The summed E-state index contributed by atoms with van der Waals surface area (Å²) in [6, 6.07) is 6.60. The second kappa shape index (κ2) is 7.50. The van der Waals surface area contributed by atoms with Crippen molar-refractivity contribution < 1.29 is 14.3 Å². The van der Waals surface area contributed by atoms with Crippen molar-refractivity contribution in [1.29, 1.82) is 0 Å². The molecule has 0 spiro atoms. The van der Waals surface area contributed by atoms with Gasteiger partial charge in [0.05, 0.1) is 0 Å². The first-order valence-corrected chi connectivity index (χ1v) is 7.40. The molecular formula is C14H20FNO2S. The van der Waals surface area contributed by atoms with Crippen LogP contribution in [0.15, 0.2) is 29.2 Å². The van der Waals surface area contributed by atoms with Crippen LogP contribution >= 0.6 is 11.8 Å². The number of hydrogen-bond donors (Lipinski definition) is 2. The minimum absolute atomic E-state index is 0.233. The maximum Gasteiger partial charge on any atom is 0.323 e. The van der Waals surface area contributed by atoms with Crippen molar-refractivity contribution in [3.05, 3.63) is 30.1 Å². The van der Waals surface area contributed by atoms with E-state index in [9.17, 15) is 14.3 Å². The highest BCUT2D eigenvalue weighted by molar-refractivity contribution is 7.99. The van der Waals surface area contributed by atoms with Gasteiger partial charge >= 0.3 is 5.97 Å². The molecule has 0 atom stereocenters. The number of carboxylic acid groups (broad SMARTS) is 1. The molecule has 0 saturated heterocycles. The lowest BCUT2D eigenvalue weighted by atomic mass is 9.93. The number of halogens is 1. The van der Waals surface area contributed by atoms with Crippen molar-refractivity contribution in [2.75, 3.05) is 12.3 Å². The minimum atomic E-state index is -0.865. The van der Waals surface area contributed by atoms with Gasteiger partial charge in [0.25, 0.3) is 0 Å². The van der Waals surface area contributed by atoms with Gasteiger partial charge in [-0.1, -0.05) is 26.0 Å². The van der Waals surface area contributed by atoms with E-state index in [0.29, 0.717) is 30.0 Å². The van der Waals surface area contributed by atoms with E-state index in [2.05, 4.69) is 5.32 Å². The van der Waals surface area contributed by atoms with Crippen LogP contribution in [0.25, 0.3) is 0 Å². The fourth-order valence-corrected chi connectivity index (χ4v) is 2.70. The van der Waals surface area contributed by atoms with Gasteiger partial charge in [0.15, 0.2) is 0 Å². The van der Waals surface area contributed by atoms with Crippen LogP contribution in [-0.2, 0) is 4.79 Å². The summed E-state index contributed by atoms with van der Waals surface area (Å²) in [4.78, 5) is 11.9. The van der Waals surface area contributed by atoms with Crippen molar-refractivity contribution in [2.24, 2.45) is 0 Å². The Hall–Kier alpha value is -1.07. The average molecular weight is 285 g/mol. The van der Waals surface area contributed by atoms with Gasteiger partial charge in [0, 0.05) is 17.2 Å². The number of rotatable bonds is 8. The Morgan fingerprint density at radius 3 is 2.53 bits per heavy atom. The topological polar surface area (TPSA) is 49.3 Å². The molecule has 0 radical (unpaired) electrons. The third-order valence-corrected chi connectivity index (χ3v) is 4.33. The molecule has 0 amide bonds. The third-order valence-electron chi connectivity index (χ3n) is 3.28. The van der Waals surface area contributed by atoms with E-state index in [0.717, 1.165) is 0 Å². The first-order valence-electron chi connectivity index (χ1n) is 6.41. The fraction of sp³-hybridized carbons (Fsp3) is 0.500. The molecule has 0 aliphatic heterocycles. The summed E-state index contributed by atoms with van der Waals surface area (Å²) in [6.45, 7) is 4.25. The highest BCUT2D eigenvalue weighted by Gasteiger charge is 2.33. The molecule has 3 nitrogen and oxygen atoms in total. The quantitative estimate of drug-likeness (QED) is 0.569. The Morgan fingerprint density at radius 2 is 2.00 bits per heavy atom. The van der Waals surface area contributed by atoms with E-state index >= 15 is 0 Å². The molecule has 2 N–H and O–H groups in total. The lowest BCUT2D eigenvalue weighted by Crippen LogP contribution is -2.51. The molecule has 1 aromatic rings. The van der Waals surface area contributed by atoms with E-state index in [1.807, 2.05) is 13.8 Å². The predicted molar refractivity (Wildman–Crippen MR) is 76.1 cm³/mol. The third kappa shape index (κ3) is 4.21. The first-order chi connectivity index (χ1) is 9.05. The monoisotopic (exact) mass is 285 g/mol. The van der Waals surface area contributed by atoms with Gasteiger partial charge in [-0.25, -0.2) is 4.39 Å². The summed E-state index contributed by atoms with van der Waals surface area (Å²) in [5.41, 5.74) is -0.865. The van der Waals surface area contributed by atoms with Gasteiger partial charge in [0.2, 0.25) is 0 Å². The smallest absolute Gasteiger partial charge is 0.323 e. The molecule has 0 heterocycles. The first kappa shape index (κ1) is 16.0. The number of thioether (sulfide) groups is 1. The molecule has 0 aromatic heterocycles. The summed E-state index contributed by atoms with van der Waals surface area (Å²) in [5, 5.41) is 12.3. The average Bonchev–Trinajstić information content (AvgIpc) is 2.41. The SMILES string of the molecule is CCC(CC)(NCCSc1ccccc1F)C(=O)O. The summed E-state index contributed by atoms with van der Waals surface area (Å²) >= 11 is 1.39. The molecule has 0 aliphatic carbocycles. The Morgan fingerprint density at radius 1 is 1.37 bits per heavy atom. The zero-order chi connectivity index (χ0) is 14.3. The Bertz CT molecular complexity index is 422. The minimum Gasteiger partial charge on any atom is -0.480 e. The molecule has 1 rings (SSSR count). The van der Waals surface area contributed by atoms with E-state index in [4.69, 9.17) is 0 Å². The van der Waals surface area contributed by atoms with E-state index in [1.165, 1.54) is 17.8 Å². The summed E-state index contributed by atoms with van der Waals surface area (Å²) in [7, 11) is 0. The van der Waals surface area contributed by atoms with Gasteiger partial charge in [-0.05, 0) is 25.0 Å². The number of carbonyl (C=O) groups is 1. The van der Waals surface area contributed by atoms with Gasteiger partial charge in [-0.3, -0.25) is 4.79 Å². The molecule has 0 saturated carbocycles. The molecule has 1 aromatic carbocycles. The lowest BCUT2D eigenvalue weighted by Gasteiger charge is -2.28. The Kier molecular flexibility index (Phi) is 6.31. The van der Waals surface area contributed by atoms with Crippen LogP contribution in [0.1, 0.15) is 26.7 Å². The number of benzene rings is 1. The van der Waals surface area contributed by atoms with E-state index < -0.39 is 11.5 Å². The molecule has 0 bridgehead atoms. The van der Waals surface area contributed by atoms with Gasteiger partial charge in [-0.2, -0.15) is 0 Å². The van der Waals surface area contributed by atoms with Crippen molar-refractivity contribution in [1.82, 2.24) is 5.32 Å². The second-order valence-electron chi connectivity index (χ2n) is 4.30. The van der Waals surface area contributed by atoms with Crippen LogP contribution in [0.2, 0.25) is 0 Å². The summed E-state index contributed by atoms with van der Waals surface area (Å²) in [6.07, 6.45) is 1.06. The molecule has 19 heavy (non-hydrogen) atoms. The van der Waals surface area contributed by atoms with E-state index in [1.54, 1.807) is 18.2 Å². The second-order valence-corrected chi connectivity index (χ2v) is 5.44. The Labute approximate surface area is 117 Å². The maximum atomic E-state index is 13.4. The molecular weight excluding hydrogens is 265 g/mol. The highest BCUT2D eigenvalue weighted by Crippen LogP contribution is 2.21. The molecule has 0 fully saturated rings. The van der Waals surface area contributed by atoms with E-state index in [-0.39, 0.29) is 5.82 Å². The molecule has 0 aliphatic rings. The van der Waals surface area contributed by atoms with Gasteiger partial charge in [-0.15, -0.1) is 11.8 Å². The molecule has 5 heteroatoms. The number of carboxylic acids is 1. The summed E-state index contributed by atoms with van der Waals surface area (Å²) < 4.78 is 13.4. The van der Waals surface area contributed by atoms with Crippen molar-refractivity contribution >= 4 is 17.7 Å². The zero-order valence-corrected chi connectivity index (χ0v) is 12.1. The number of hydrogen-bond acceptors (Lipinski definition) is 3. The number of nitrogens with one attached hydrogen (secondary N) is 1. The highest BCUT2D eigenvalue weighted by atomic mass is 32.2. The maximum absolute atomic E-state index is 13.4. The van der Waals surface area contributed by atoms with Crippen LogP contribution in [0, 0.1) is 5.82 Å². The van der Waals surface area contributed by atoms with Gasteiger partial charge in [0.1, 0.15) is 11.4 Å². The van der Waals surface area contributed by atoms with Crippen LogP contribution in [-0.4, -0.2) is 28.9 Å². The lowest BCUT2D eigenvalue weighted by molar-refractivity contribution is -0.145. The van der Waals surface area contributed by atoms with Crippen LogP contribution in [0.5, 0.6) is 0 Å². The fourth-order valence-electron chi connectivity index (χ4n) is 1.89. The van der Waals surface area contributed by atoms with Crippen LogP contribution < -0.4 is 5.32 Å². The number of aliphatic carboxylic acids is 1. The van der Waals surface area contributed by atoms with Crippen molar-refractivity contribution in [3.63, 3.8) is 0 Å². The van der Waals surface area contributed by atoms with Crippen LogP contribution in [0.4, 0.5) is 4.39 Å². The molecule has 106 valence electrons. The summed E-state index contributed by atoms with van der Waals surface area (Å²) in [5.74, 6) is -0.424. The van der Waals surface area contributed by atoms with Crippen molar-refractivity contribution in [3.8, 4) is 0 Å². The largest absolute Gasteiger partial charge is 0.480 e. The standard InChI is InChI=1S/C14H20FNO2S/c1-3-14(4-2,13(17)18)16-9-10-19-12-8-6-5-7-11(12)15/h5-8,16H,3-4,9-10H2,1-2H3,(H,17,18). The van der Waals surface area contributed by atoms with Crippen LogP contribution in [0.3, 0.4) is 0 Å². The zero-order valence-electron chi connectivity index (χ0n) is 11.3. The normalized spacial score (nSPS) is 11.5. The predicted octanol–water partition coefficient (Wildman–Crippen LogP) is 3.15. The van der Waals surface area contributed by atoms with Gasteiger partial charge < -0.3 is 10.4 Å². The van der Waals surface area contributed by atoms with Crippen molar-refractivity contribution in [2.45, 2.75) is 37.1 Å².